The van der Waals surface area contributed by atoms with Crippen LogP contribution < -0.4 is 0 Å². The van der Waals surface area contributed by atoms with Crippen molar-refractivity contribution in [3.8, 4) is 0 Å². The summed E-state index contributed by atoms with van der Waals surface area (Å²) in [6.45, 7) is 24.7. The molecule has 0 bridgehead atoms. The maximum atomic E-state index is 10.6. The first-order chi connectivity index (χ1) is 10.8. The smallest absolute Gasteiger partial charge is 0.197 e. The van der Waals surface area contributed by atoms with E-state index < -0.39 is 31.1 Å². The van der Waals surface area contributed by atoms with Crippen molar-refractivity contribution < 1.29 is 17.8 Å². The SMILES string of the molecule is C.C.C.CCCCC[Si](C)(C)O[Si](C)(C)C.CCOP(C)(C)=O.CP(C)(C)=O. The van der Waals surface area contributed by atoms with Gasteiger partial charge in [0, 0.05) is 13.3 Å². The van der Waals surface area contributed by atoms with E-state index in [0.717, 1.165) is 0 Å². The Kier molecular flexibility index (Phi) is 30.2. The third-order valence-electron chi connectivity index (χ3n) is 2.40. The summed E-state index contributed by atoms with van der Waals surface area (Å²) < 4.78 is 31.8. The van der Waals surface area contributed by atoms with Gasteiger partial charge in [0.25, 0.3) is 0 Å². The summed E-state index contributed by atoms with van der Waals surface area (Å²) in [6.07, 6.45) is 4.04. The van der Waals surface area contributed by atoms with Crippen LogP contribution in [-0.4, -0.2) is 56.6 Å². The summed E-state index contributed by atoms with van der Waals surface area (Å²) >= 11 is 0. The Morgan fingerprint density at radius 3 is 1.29 bits per heavy atom. The molecule has 0 aromatic heterocycles. The molecule has 0 aromatic rings. The van der Waals surface area contributed by atoms with Gasteiger partial charge >= 0.3 is 0 Å². The molecule has 0 fully saturated rings. The molecule has 0 saturated carbocycles. The average molecular weight is 481 g/mol. The van der Waals surface area contributed by atoms with Gasteiger partial charge in [0.1, 0.15) is 0 Å². The largest absolute Gasteiger partial charge is 0.456 e. The molecule has 0 aliphatic heterocycles. The van der Waals surface area contributed by atoms with E-state index in [1.165, 1.54) is 25.3 Å². The van der Waals surface area contributed by atoms with Gasteiger partial charge in [0.05, 0.1) is 13.7 Å². The molecule has 0 aliphatic rings. The Hall–Kier alpha value is 0.814. The molecule has 0 N–H and O–H groups in total. The third kappa shape index (κ3) is 63.2. The van der Waals surface area contributed by atoms with Crippen LogP contribution in [0.5, 0.6) is 0 Å². The van der Waals surface area contributed by atoms with Crippen LogP contribution >= 0.6 is 14.5 Å². The van der Waals surface area contributed by atoms with Crippen LogP contribution in [-0.2, 0) is 17.8 Å². The molecule has 0 unspecified atom stereocenters. The van der Waals surface area contributed by atoms with Crippen molar-refractivity contribution in [1.29, 1.82) is 0 Å². The van der Waals surface area contributed by atoms with Gasteiger partial charge < -0.3 is 13.2 Å². The lowest BCUT2D eigenvalue weighted by Crippen LogP contribution is -2.42. The standard InChI is InChI=1S/C10H26OSi2.C4H11O2P.C3H9OP.3CH4/c1-7-8-9-10-13(5,6)11-12(2,3)4;1-4-6-7(2,3)5;1-5(2,3)4;;;/h7-10H2,1-6H3;4H2,1-3H3;1-3H3;3*1H4. The fourth-order valence-electron chi connectivity index (χ4n) is 1.99. The van der Waals surface area contributed by atoms with Gasteiger partial charge in [-0.05, 0) is 65.7 Å². The Balaban J connectivity index is -0.0000000693. The highest BCUT2D eigenvalue weighted by Crippen LogP contribution is 2.36. The van der Waals surface area contributed by atoms with Crippen LogP contribution in [0.1, 0.15) is 55.4 Å². The van der Waals surface area contributed by atoms with E-state index in [-0.39, 0.29) is 22.3 Å². The first kappa shape index (κ1) is 42.8. The van der Waals surface area contributed by atoms with Crippen molar-refractivity contribution in [2.75, 3.05) is 39.9 Å². The van der Waals surface area contributed by atoms with Crippen LogP contribution in [0.25, 0.3) is 0 Å². The van der Waals surface area contributed by atoms with Gasteiger partial charge in [-0.3, -0.25) is 4.57 Å². The Morgan fingerprint density at radius 2 is 1.11 bits per heavy atom. The predicted octanol–water partition coefficient (Wildman–Crippen LogP) is 8.94. The summed E-state index contributed by atoms with van der Waals surface area (Å²) in [7, 11) is -6.41. The fraction of sp³-hybridized carbons (Fsp3) is 1.00. The first-order valence-corrected chi connectivity index (χ1v) is 21.3. The molecular weight excluding hydrogens is 422 g/mol. The summed E-state index contributed by atoms with van der Waals surface area (Å²) in [5, 5.41) is 0. The van der Waals surface area contributed by atoms with E-state index in [2.05, 4.69) is 39.7 Å². The Morgan fingerprint density at radius 1 is 0.750 bits per heavy atom. The lowest BCUT2D eigenvalue weighted by molar-refractivity contribution is 0.341. The molecule has 8 heteroatoms. The van der Waals surface area contributed by atoms with Crippen LogP contribution in [0, 0.1) is 0 Å². The summed E-state index contributed by atoms with van der Waals surface area (Å²) in [5.41, 5.74) is 0. The Bertz CT molecular complexity index is 403. The number of hydrogen-bond acceptors (Lipinski definition) is 4. The molecule has 0 radical (unpaired) electrons. The van der Waals surface area contributed by atoms with Crippen LogP contribution in [0.4, 0.5) is 0 Å². The lowest BCUT2D eigenvalue weighted by Gasteiger charge is -2.31. The quantitative estimate of drug-likeness (QED) is 0.198. The first-order valence-electron chi connectivity index (χ1n) is 9.25. The molecule has 0 atom stereocenters. The molecule has 0 amide bonds. The normalized spacial score (nSPS) is 11.3. The van der Waals surface area contributed by atoms with E-state index >= 15 is 0 Å². The van der Waals surface area contributed by atoms with E-state index in [4.69, 9.17) is 8.64 Å². The molecule has 28 heavy (non-hydrogen) atoms. The number of rotatable bonds is 8. The highest BCUT2D eigenvalue weighted by Gasteiger charge is 2.28. The highest BCUT2D eigenvalue weighted by molar-refractivity contribution is 7.61. The second kappa shape index (κ2) is 19.8. The van der Waals surface area contributed by atoms with Gasteiger partial charge in [-0.15, -0.1) is 0 Å². The fourth-order valence-corrected chi connectivity index (χ4v) is 10.8. The van der Waals surface area contributed by atoms with Crippen molar-refractivity contribution in [2.24, 2.45) is 0 Å². The maximum Gasteiger partial charge on any atom is 0.197 e. The third-order valence-corrected chi connectivity index (χ3v) is 9.50. The minimum atomic E-state index is -2.17. The maximum absolute atomic E-state index is 10.6. The zero-order valence-electron chi connectivity index (χ0n) is 19.1. The monoisotopic (exact) mass is 480 g/mol. The van der Waals surface area contributed by atoms with Crippen molar-refractivity contribution in [3.63, 3.8) is 0 Å². The number of hydrogen-bond donors (Lipinski definition) is 0. The average Bonchev–Trinajstić information content (AvgIpc) is 2.22. The van der Waals surface area contributed by atoms with Gasteiger partial charge in [-0.25, -0.2) is 0 Å². The molecule has 180 valence electrons. The molecular formula is C20H58O4P2Si2. The Labute approximate surface area is 183 Å². The van der Waals surface area contributed by atoms with Crippen molar-refractivity contribution in [2.45, 2.75) is 94.2 Å². The van der Waals surface area contributed by atoms with Crippen LogP contribution in [0.3, 0.4) is 0 Å². The minimum Gasteiger partial charge on any atom is -0.456 e. The second-order valence-corrected chi connectivity index (χ2v) is 24.6. The van der Waals surface area contributed by atoms with E-state index in [0.29, 0.717) is 6.61 Å². The predicted molar refractivity (Wildman–Crippen MR) is 143 cm³/mol. The minimum absolute atomic E-state index is 0. The molecule has 0 aromatic carbocycles. The summed E-state index contributed by atoms with van der Waals surface area (Å²) in [4.78, 5) is 0. The lowest BCUT2D eigenvalue weighted by atomic mass is 10.3. The van der Waals surface area contributed by atoms with Crippen molar-refractivity contribution in [1.82, 2.24) is 0 Å². The molecule has 0 spiro atoms. The molecule has 0 aliphatic carbocycles. The topological polar surface area (TPSA) is 52.6 Å². The summed E-state index contributed by atoms with van der Waals surface area (Å²) in [5.74, 6) is 0. The van der Waals surface area contributed by atoms with E-state index in [1.807, 2.05) is 6.92 Å². The van der Waals surface area contributed by atoms with Crippen LogP contribution in [0.15, 0.2) is 0 Å². The van der Waals surface area contributed by atoms with Gasteiger partial charge in [-0.2, -0.15) is 0 Å². The van der Waals surface area contributed by atoms with Gasteiger partial charge in [0.2, 0.25) is 0 Å². The van der Waals surface area contributed by atoms with E-state index in [9.17, 15) is 9.13 Å². The molecule has 4 nitrogen and oxygen atoms in total. The van der Waals surface area contributed by atoms with E-state index in [1.54, 1.807) is 33.3 Å². The zero-order chi connectivity index (χ0) is 20.9. The van der Waals surface area contributed by atoms with Crippen molar-refractivity contribution >= 4 is 31.1 Å². The zero-order valence-corrected chi connectivity index (χ0v) is 22.9. The van der Waals surface area contributed by atoms with Crippen molar-refractivity contribution in [3.05, 3.63) is 0 Å². The molecule has 0 heterocycles. The molecule has 0 rings (SSSR count). The summed E-state index contributed by atoms with van der Waals surface area (Å²) in [6, 6.07) is 1.34. The highest BCUT2D eigenvalue weighted by atomic mass is 31.2. The number of unbranched alkanes of at least 4 members (excludes halogenated alkanes) is 2. The molecule has 0 saturated heterocycles. The second-order valence-electron chi connectivity index (χ2n) is 8.99. The van der Waals surface area contributed by atoms with Gasteiger partial charge in [0.15, 0.2) is 24.0 Å². The van der Waals surface area contributed by atoms with Crippen LogP contribution in [0.2, 0.25) is 38.8 Å². The van der Waals surface area contributed by atoms with Gasteiger partial charge in [-0.1, -0.05) is 48.5 Å².